The molecule has 0 saturated heterocycles. The number of unbranched alkanes of at least 4 members (excludes halogenated alkanes) is 6. The SMILES string of the molecule is [CH2-]/C=C/CC(=O)OCC.[CH2-]C=O.[CH2-]CCCC(=O)OCC.[CH2-]CCCCC.[CH2-]CCCCO.[Y].[Y].[Y].[Y].[Y]. The Kier molecular flexibility index (Phi) is 141. The van der Waals surface area contributed by atoms with Gasteiger partial charge in [-0.05, 0) is 33.0 Å². The van der Waals surface area contributed by atoms with Gasteiger partial charge in [-0.2, -0.15) is 19.3 Å². The number of aliphatic hydroxyl groups is 1. The van der Waals surface area contributed by atoms with Crippen molar-refractivity contribution in [3.8, 4) is 0 Å². The summed E-state index contributed by atoms with van der Waals surface area (Å²) in [5, 5.41) is 8.17. The van der Waals surface area contributed by atoms with Crippen LogP contribution in [-0.4, -0.2) is 43.2 Å². The maximum atomic E-state index is 10.6. The Bertz CT molecular complexity index is 386. The molecule has 0 heterocycles. The Balaban J connectivity index is -0.0000000322. The molecule has 1 N–H and O–H groups in total. The fraction of sp³-hybridized carbons (Fsp3) is 0.630. The molecule has 0 aliphatic carbocycles. The summed E-state index contributed by atoms with van der Waals surface area (Å²) >= 11 is 0. The Labute approximate surface area is 362 Å². The molecule has 0 atom stereocenters. The summed E-state index contributed by atoms with van der Waals surface area (Å²) in [7, 11) is 0. The van der Waals surface area contributed by atoms with Crippen LogP contribution in [0.25, 0.3) is 0 Å². The number of esters is 2. The number of rotatable bonds is 13. The van der Waals surface area contributed by atoms with Crippen LogP contribution >= 0.6 is 0 Å². The number of allylic oxidation sites excluding steroid dienone is 1. The van der Waals surface area contributed by atoms with Crippen molar-refractivity contribution in [2.45, 2.75) is 91.4 Å². The molecule has 0 saturated carbocycles. The summed E-state index contributed by atoms with van der Waals surface area (Å²) in [4.78, 5) is 29.7. The number of aldehydes is 1. The number of hydrogen-bond acceptors (Lipinski definition) is 6. The third-order valence-corrected chi connectivity index (χ3v) is 3.20. The number of aliphatic hydroxyl groups excluding tert-OH is 1. The Morgan fingerprint density at radius 2 is 1.11 bits per heavy atom. The standard InChI is InChI=1S/C7H13O2.C7H11O2.C6H13.C5H11O.C2H3O.5Y/c2*1-3-5-6-7(8)9-4-2;1-3-5-6-4-2;1-2-3-4-5-6;1-2-3;;;;;/h1,3-6H2,2H3;3,5H,1,4,6H2,2H3;1,3-6H2,2H3;6H,1-5H2;2H,1H2;;;;;/q5*-1;;;;;/b;5-3+;;;;;;;;. The van der Waals surface area contributed by atoms with E-state index < -0.39 is 0 Å². The van der Waals surface area contributed by atoms with Gasteiger partial charge in [-0.25, -0.2) is 19.1 Å². The van der Waals surface area contributed by atoms with E-state index in [4.69, 9.17) is 9.90 Å². The van der Waals surface area contributed by atoms with Gasteiger partial charge in [0.2, 0.25) is 0 Å². The topological polar surface area (TPSA) is 89.9 Å². The molecule has 0 aliphatic rings. The molecular formula is C27H51O6Y5-5. The summed E-state index contributed by atoms with van der Waals surface area (Å²) in [5.41, 5.74) is 0. The molecule has 11 heteroatoms. The van der Waals surface area contributed by atoms with Crippen LogP contribution in [0.3, 0.4) is 0 Å². The summed E-state index contributed by atoms with van der Waals surface area (Å²) in [6, 6.07) is 0. The molecule has 0 fully saturated rings. The summed E-state index contributed by atoms with van der Waals surface area (Å²) in [6.07, 6.45) is 14.2. The molecule has 0 rings (SSSR count). The quantitative estimate of drug-likeness (QED) is 0.102. The van der Waals surface area contributed by atoms with Gasteiger partial charge in [0.1, 0.15) is 0 Å². The minimum absolute atomic E-state index is 0. The van der Waals surface area contributed by atoms with Crippen molar-refractivity contribution in [2.75, 3.05) is 19.8 Å². The molecule has 38 heavy (non-hydrogen) atoms. The van der Waals surface area contributed by atoms with E-state index in [0.717, 1.165) is 38.5 Å². The third-order valence-electron chi connectivity index (χ3n) is 3.20. The molecule has 0 unspecified atom stereocenters. The van der Waals surface area contributed by atoms with E-state index in [2.05, 4.69) is 51.0 Å². The molecule has 215 valence electrons. The molecule has 0 aromatic carbocycles. The molecule has 0 amide bonds. The van der Waals surface area contributed by atoms with Crippen molar-refractivity contribution in [3.63, 3.8) is 0 Å². The van der Waals surface area contributed by atoms with Gasteiger partial charge in [-0.3, -0.25) is 9.59 Å². The van der Waals surface area contributed by atoms with Crippen LogP contribution in [0.4, 0.5) is 0 Å². The largest absolute Gasteiger partial charge is 0.467 e. The van der Waals surface area contributed by atoms with Gasteiger partial charge in [0.15, 0.2) is 0 Å². The van der Waals surface area contributed by atoms with Gasteiger partial charge in [-0.1, -0.05) is 39.0 Å². The average Bonchev–Trinajstić information content (AvgIpc) is 2.81. The van der Waals surface area contributed by atoms with E-state index >= 15 is 0 Å². The number of carbonyl (C=O) groups excluding carboxylic acids is 3. The second-order valence-electron chi connectivity index (χ2n) is 6.25. The van der Waals surface area contributed by atoms with E-state index in [1.807, 2.05) is 6.92 Å². The van der Waals surface area contributed by atoms with Crippen LogP contribution in [0.2, 0.25) is 0 Å². The zero-order chi connectivity index (χ0) is 26.6. The van der Waals surface area contributed by atoms with Gasteiger partial charge in [0.05, 0.1) is 13.2 Å². The number of carbonyl (C=O) groups is 3. The van der Waals surface area contributed by atoms with Gasteiger partial charge in [0.25, 0.3) is 5.97 Å². The van der Waals surface area contributed by atoms with Crippen molar-refractivity contribution in [2.24, 2.45) is 0 Å². The predicted octanol–water partition coefficient (Wildman–Crippen LogP) is 6.27. The Morgan fingerprint density at radius 1 is 0.711 bits per heavy atom. The van der Waals surface area contributed by atoms with E-state index in [1.54, 1.807) is 19.1 Å². The zero-order valence-corrected chi connectivity index (χ0v) is 38.7. The summed E-state index contributed by atoms with van der Waals surface area (Å²) in [6.45, 7) is 24.2. The first-order valence-electron chi connectivity index (χ1n) is 11.8. The van der Waals surface area contributed by atoms with Crippen molar-refractivity contribution in [1.82, 2.24) is 0 Å². The Hall–Kier alpha value is 3.57. The van der Waals surface area contributed by atoms with E-state index in [9.17, 15) is 9.59 Å². The van der Waals surface area contributed by atoms with Crippen LogP contribution < -0.4 is 0 Å². The second kappa shape index (κ2) is 77.8. The molecule has 0 aliphatic heterocycles. The third kappa shape index (κ3) is 106. The molecule has 0 aromatic rings. The zero-order valence-electron chi connectivity index (χ0n) is 24.5. The molecule has 6 nitrogen and oxygen atoms in total. The van der Waals surface area contributed by atoms with Crippen LogP contribution in [0.15, 0.2) is 12.2 Å². The van der Waals surface area contributed by atoms with Gasteiger partial charge in [-0.15, -0.1) is 0 Å². The van der Waals surface area contributed by atoms with E-state index in [1.165, 1.54) is 19.3 Å². The smallest absolute Gasteiger partial charge is 0.305 e. The maximum absolute atomic E-state index is 10.6. The normalized spacial score (nSPS) is 7.66. The monoisotopic (exact) mass is 916 g/mol. The van der Waals surface area contributed by atoms with Crippen molar-refractivity contribution in [1.29, 1.82) is 0 Å². The van der Waals surface area contributed by atoms with Crippen molar-refractivity contribution >= 4 is 18.2 Å². The first-order chi connectivity index (χ1) is 15.9. The van der Waals surface area contributed by atoms with Crippen molar-refractivity contribution < 1.29 is 193 Å². The predicted molar refractivity (Wildman–Crippen MR) is 139 cm³/mol. The summed E-state index contributed by atoms with van der Waals surface area (Å²) < 4.78 is 9.30. The molecule has 5 radical (unpaired) electrons. The minimum atomic E-state index is -0.197. The number of hydrogen-bond donors (Lipinski definition) is 1. The van der Waals surface area contributed by atoms with Crippen LogP contribution in [0.5, 0.6) is 0 Å². The van der Waals surface area contributed by atoms with Crippen LogP contribution in [0, 0.1) is 34.6 Å². The van der Waals surface area contributed by atoms with E-state index in [-0.39, 0.29) is 175 Å². The van der Waals surface area contributed by atoms with E-state index in [0.29, 0.717) is 38.9 Å². The average molecular weight is 916 g/mol. The van der Waals surface area contributed by atoms with Gasteiger partial charge in [0, 0.05) is 177 Å². The van der Waals surface area contributed by atoms with Gasteiger partial charge >= 0.3 is 5.97 Å². The first kappa shape index (κ1) is 68.6. The second-order valence-corrected chi connectivity index (χ2v) is 6.25. The summed E-state index contributed by atoms with van der Waals surface area (Å²) in [5.74, 6) is -0.307. The van der Waals surface area contributed by atoms with Crippen LogP contribution in [0.1, 0.15) is 91.4 Å². The molecule has 0 bridgehead atoms. The molecular weight excluding hydrogens is 865 g/mol. The fourth-order valence-corrected chi connectivity index (χ4v) is 1.62. The first-order valence-corrected chi connectivity index (χ1v) is 11.8. The Morgan fingerprint density at radius 3 is 1.37 bits per heavy atom. The van der Waals surface area contributed by atoms with Crippen LogP contribution in [-0.2, 0) is 187 Å². The number of ether oxygens (including phenoxy) is 2. The molecule has 0 aromatic heterocycles. The maximum Gasteiger partial charge on any atom is 0.305 e. The van der Waals surface area contributed by atoms with Gasteiger partial charge < -0.3 is 47.1 Å². The minimum Gasteiger partial charge on any atom is -0.467 e. The van der Waals surface area contributed by atoms with Crippen molar-refractivity contribution in [3.05, 3.63) is 46.8 Å². The molecule has 0 spiro atoms. The fourth-order valence-electron chi connectivity index (χ4n) is 1.62.